The van der Waals surface area contributed by atoms with Crippen LogP contribution in [0.5, 0.6) is 11.5 Å². The third-order valence-corrected chi connectivity index (χ3v) is 4.18. The second kappa shape index (κ2) is 11.1. The van der Waals surface area contributed by atoms with Crippen molar-refractivity contribution < 1.29 is 19.1 Å². The Balaban J connectivity index is 2.04. The lowest BCUT2D eigenvalue weighted by atomic mass is 10.1. The average molecular weight is 399 g/mol. The number of aryl methyl sites for hydroxylation is 1. The maximum absolute atomic E-state index is 12.8. The van der Waals surface area contributed by atoms with E-state index >= 15 is 0 Å². The van der Waals surface area contributed by atoms with Gasteiger partial charge in [-0.25, -0.2) is 0 Å². The van der Waals surface area contributed by atoms with Gasteiger partial charge in [-0.15, -0.1) is 0 Å². The van der Waals surface area contributed by atoms with Crippen LogP contribution in [-0.4, -0.2) is 43.5 Å². The van der Waals surface area contributed by atoms with Crippen LogP contribution in [0.15, 0.2) is 42.5 Å². The fourth-order valence-electron chi connectivity index (χ4n) is 2.64. The van der Waals surface area contributed by atoms with Gasteiger partial charge in [0.1, 0.15) is 0 Å². The molecule has 1 N–H and O–H groups in total. The predicted molar refractivity (Wildman–Crippen MR) is 115 cm³/mol. The van der Waals surface area contributed by atoms with E-state index in [1.165, 1.54) is 4.90 Å². The van der Waals surface area contributed by atoms with E-state index in [0.29, 0.717) is 36.0 Å². The van der Waals surface area contributed by atoms with E-state index in [1.807, 2.05) is 45.0 Å². The Morgan fingerprint density at radius 1 is 0.931 bits per heavy atom. The van der Waals surface area contributed by atoms with Crippen LogP contribution in [0.2, 0.25) is 0 Å². The number of benzene rings is 2. The molecule has 29 heavy (non-hydrogen) atoms. The van der Waals surface area contributed by atoms with Gasteiger partial charge in [-0.2, -0.15) is 0 Å². The summed E-state index contributed by atoms with van der Waals surface area (Å²) in [6, 6.07) is 12.6. The predicted octanol–water partition coefficient (Wildman–Crippen LogP) is 4.28. The summed E-state index contributed by atoms with van der Waals surface area (Å²) in [7, 11) is 1.60. The molecule has 6 heteroatoms. The first-order chi connectivity index (χ1) is 13.9. The third-order valence-electron chi connectivity index (χ3n) is 4.18. The number of likely N-dealkylation sites (N-methyl/N-ethyl adjacent to an activating group) is 1. The Kier molecular flexibility index (Phi) is 8.52. The lowest BCUT2D eigenvalue weighted by molar-refractivity contribution is -0.116. The molecule has 0 radical (unpaired) electrons. The quantitative estimate of drug-likeness (QED) is 0.648. The highest BCUT2D eigenvalue weighted by Gasteiger charge is 2.17. The minimum absolute atomic E-state index is 0.0497. The lowest BCUT2D eigenvalue weighted by Gasteiger charge is -2.18. The molecular formula is C23H30N2O4. The van der Waals surface area contributed by atoms with Gasteiger partial charge in [0.05, 0.1) is 19.8 Å². The van der Waals surface area contributed by atoms with Crippen molar-refractivity contribution in [3.8, 4) is 11.5 Å². The Morgan fingerprint density at radius 3 is 2.17 bits per heavy atom. The van der Waals surface area contributed by atoms with Gasteiger partial charge in [0.2, 0.25) is 5.91 Å². The molecule has 0 spiro atoms. The van der Waals surface area contributed by atoms with Crippen molar-refractivity contribution in [1.29, 1.82) is 0 Å². The van der Waals surface area contributed by atoms with E-state index < -0.39 is 0 Å². The number of rotatable bonds is 10. The van der Waals surface area contributed by atoms with Crippen LogP contribution < -0.4 is 14.8 Å². The first kappa shape index (κ1) is 22.3. The zero-order chi connectivity index (χ0) is 21.2. The summed E-state index contributed by atoms with van der Waals surface area (Å²) in [6.07, 6.45) is 1.73. The van der Waals surface area contributed by atoms with Gasteiger partial charge in [-0.3, -0.25) is 9.59 Å². The summed E-state index contributed by atoms with van der Waals surface area (Å²) in [4.78, 5) is 26.4. The van der Waals surface area contributed by atoms with Crippen LogP contribution in [0.25, 0.3) is 0 Å². The Morgan fingerprint density at radius 2 is 1.55 bits per heavy atom. The first-order valence-corrected chi connectivity index (χ1v) is 9.96. The summed E-state index contributed by atoms with van der Waals surface area (Å²) < 4.78 is 11.5. The van der Waals surface area contributed by atoms with Gasteiger partial charge in [-0.1, -0.05) is 31.5 Å². The average Bonchev–Trinajstić information content (AvgIpc) is 2.72. The molecule has 0 unspecified atom stereocenters. The standard InChI is InChI=1S/C23H30N2O4/c1-5-13-28-20-12-9-18(15-21(20)29-14-6-2)23(27)25(4)16-22(26)24-19-10-7-17(3)8-11-19/h7-12,15H,5-6,13-14,16H2,1-4H3,(H,24,26). The highest BCUT2D eigenvalue weighted by Crippen LogP contribution is 2.29. The van der Waals surface area contributed by atoms with Crippen LogP contribution in [0.4, 0.5) is 5.69 Å². The maximum Gasteiger partial charge on any atom is 0.254 e. The SMILES string of the molecule is CCCOc1ccc(C(=O)N(C)CC(=O)Nc2ccc(C)cc2)cc1OCCC. The zero-order valence-electron chi connectivity index (χ0n) is 17.7. The van der Waals surface area contributed by atoms with Gasteiger partial charge in [0, 0.05) is 18.3 Å². The maximum atomic E-state index is 12.8. The number of ether oxygens (including phenoxy) is 2. The molecule has 0 aliphatic carbocycles. The molecule has 0 heterocycles. The number of carbonyl (C=O) groups excluding carboxylic acids is 2. The second-order valence-corrected chi connectivity index (χ2v) is 6.93. The van der Waals surface area contributed by atoms with Crippen molar-refractivity contribution in [2.75, 3.05) is 32.1 Å². The Labute approximate surface area is 172 Å². The van der Waals surface area contributed by atoms with Crippen molar-refractivity contribution >= 4 is 17.5 Å². The number of nitrogens with one attached hydrogen (secondary N) is 1. The largest absolute Gasteiger partial charge is 0.490 e. The molecule has 0 aliphatic rings. The molecule has 2 aromatic carbocycles. The molecule has 0 atom stereocenters. The fourth-order valence-corrected chi connectivity index (χ4v) is 2.64. The molecule has 0 bridgehead atoms. The molecule has 0 saturated carbocycles. The molecule has 0 saturated heterocycles. The van der Waals surface area contributed by atoms with E-state index in [-0.39, 0.29) is 18.4 Å². The molecule has 0 aliphatic heterocycles. The second-order valence-electron chi connectivity index (χ2n) is 6.93. The van der Waals surface area contributed by atoms with Crippen LogP contribution in [0, 0.1) is 6.92 Å². The summed E-state index contributed by atoms with van der Waals surface area (Å²) in [5.74, 6) is 0.655. The van der Waals surface area contributed by atoms with E-state index in [1.54, 1.807) is 25.2 Å². The molecule has 2 aromatic rings. The van der Waals surface area contributed by atoms with Gasteiger partial charge >= 0.3 is 0 Å². The Hall–Kier alpha value is -3.02. The number of anilines is 1. The molecule has 0 aromatic heterocycles. The number of carbonyl (C=O) groups is 2. The summed E-state index contributed by atoms with van der Waals surface area (Å²) in [5, 5.41) is 2.80. The number of hydrogen-bond acceptors (Lipinski definition) is 4. The Bertz CT molecular complexity index is 818. The highest BCUT2D eigenvalue weighted by molar-refractivity contribution is 5.99. The highest BCUT2D eigenvalue weighted by atomic mass is 16.5. The van der Waals surface area contributed by atoms with E-state index in [0.717, 1.165) is 18.4 Å². The lowest BCUT2D eigenvalue weighted by Crippen LogP contribution is -2.34. The number of hydrogen-bond donors (Lipinski definition) is 1. The van der Waals surface area contributed by atoms with Crippen LogP contribution in [0.1, 0.15) is 42.6 Å². The first-order valence-electron chi connectivity index (χ1n) is 9.96. The molecule has 6 nitrogen and oxygen atoms in total. The summed E-state index contributed by atoms with van der Waals surface area (Å²) >= 11 is 0. The molecule has 156 valence electrons. The van der Waals surface area contributed by atoms with Crippen molar-refractivity contribution in [1.82, 2.24) is 4.90 Å². The number of amides is 2. The van der Waals surface area contributed by atoms with Crippen LogP contribution in [0.3, 0.4) is 0 Å². The molecule has 0 fully saturated rings. The van der Waals surface area contributed by atoms with Crippen molar-refractivity contribution in [2.24, 2.45) is 0 Å². The summed E-state index contributed by atoms with van der Waals surface area (Å²) in [5.41, 5.74) is 2.27. The van der Waals surface area contributed by atoms with Crippen LogP contribution >= 0.6 is 0 Å². The van der Waals surface area contributed by atoms with E-state index in [2.05, 4.69) is 5.32 Å². The minimum atomic E-state index is -0.257. The van der Waals surface area contributed by atoms with Crippen molar-refractivity contribution in [3.63, 3.8) is 0 Å². The van der Waals surface area contributed by atoms with E-state index in [4.69, 9.17) is 9.47 Å². The van der Waals surface area contributed by atoms with Gasteiger partial charge in [0.15, 0.2) is 11.5 Å². The zero-order valence-corrected chi connectivity index (χ0v) is 17.7. The van der Waals surface area contributed by atoms with Gasteiger partial charge in [0.25, 0.3) is 5.91 Å². The fraction of sp³-hybridized carbons (Fsp3) is 0.391. The summed E-state index contributed by atoms with van der Waals surface area (Å²) in [6.45, 7) is 7.09. The minimum Gasteiger partial charge on any atom is -0.490 e. The van der Waals surface area contributed by atoms with E-state index in [9.17, 15) is 9.59 Å². The van der Waals surface area contributed by atoms with Crippen molar-refractivity contribution in [3.05, 3.63) is 53.6 Å². The smallest absolute Gasteiger partial charge is 0.254 e. The third kappa shape index (κ3) is 6.82. The molecule has 2 rings (SSSR count). The number of nitrogens with zero attached hydrogens (tertiary/aromatic N) is 1. The van der Waals surface area contributed by atoms with Gasteiger partial charge < -0.3 is 19.7 Å². The van der Waals surface area contributed by atoms with Gasteiger partial charge in [-0.05, 0) is 50.1 Å². The van der Waals surface area contributed by atoms with Crippen molar-refractivity contribution in [2.45, 2.75) is 33.6 Å². The normalized spacial score (nSPS) is 10.3. The molecular weight excluding hydrogens is 368 g/mol. The topological polar surface area (TPSA) is 67.9 Å². The van der Waals surface area contributed by atoms with Crippen LogP contribution in [-0.2, 0) is 4.79 Å². The monoisotopic (exact) mass is 398 g/mol. The molecule has 2 amide bonds.